The van der Waals surface area contributed by atoms with Crippen molar-refractivity contribution >= 4 is 6.16 Å². The lowest BCUT2D eigenvalue weighted by Gasteiger charge is -2.14. The van der Waals surface area contributed by atoms with Crippen LogP contribution in [0.2, 0.25) is 0 Å². The predicted molar refractivity (Wildman–Crippen MR) is 43.3 cm³/mol. The van der Waals surface area contributed by atoms with Gasteiger partial charge in [0.1, 0.15) is 5.75 Å². The third kappa shape index (κ3) is 1.37. The average Bonchev–Trinajstić information content (AvgIpc) is 2.11. The fourth-order valence-corrected chi connectivity index (χ4v) is 1.14. The van der Waals surface area contributed by atoms with E-state index in [-0.39, 0.29) is 0 Å². The summed E-state index contributed by atoms with van der Waals surface area (Å²) >= 11 is 0. The zero-order valence-electron chi connectivity index (χ0n) is 6.88. The SMILES string of the molecule is O=C1Oc2ccc(cc2)C([N+](=O)[O-])O1. The number of rotatable bonds is 1. The monoisotopic (exact) mass is 195 g/mol. The summed E-state index contributed by atoms with van der Waals surface area (Å²) in [7, 11) is 0. The van der Waals surface area contributed by atoms with Crippen LogP contribution >= 0.6 is 0 Å². The molecule has 72 valence electrons. The number of hydrogen-bond donors (Lipinski definition) is 0. The molecule has 1 aromatic carbocycles. The van der Waals surface area contributed by atoms with E-state index in [9.17, 15) is 14.9 Å². The van der Waals surface area contributed by atoms with E-state index < -0.39 is 17.3 Å². The van der Waals surface area contributed by atoms with Crippen molar-refractivity contribution in [2.75, 3.05) is 0 Å². The van der Waals surface area contributed by atoms with Crippen LogP contribution in [-0.2, 0) is 4.74 Å². The van der Waals surface area contributed by atoms with Crippen LogP contribution in [0.1, 0.15) is 11.8 Å². The fourth-order valence-electron chi connectivity index (χ4n) is 1.14. The normalized spacial score (nSPS) is 19.1. The number of nitrogens with zero attached hydrogens (tertiary/aromatic N) is 1. The van der Waals surface area contributed by atoms with Crippen molar-refractivity contribution in [2.24, 2.45) is 0 Å². The molecule has 2 aliphatic heterocycles. The molecule has 6 nitrogen and oxygen atoms in total. The van der Waals surface area contributed by atoms with Gasteiger partial charge in [-0.25, -0.2) is 4.79 Å². The van der Waals surface area contributed by atoms with E-state index in [0.29, 0.717) is 11.3 Å². The summed E-state index contributed by atoms with van der Waals surface area (Å²) in [4.78, 5) is 20.7. The minimum absolute atomic E-state index is 0.306. The highest BCUT2D eigenvalue weighted by Gasteiger charge is 2.30. The van der Waals surface area contributed by atoms with Gasteiger partial charge in [0, 0.05) is 0 Å². The molecule has 0 saturated heterocycles. The molecule has 1 aromatic rings. The second-order valence-electron chi connectivity index (χ2n) is 2.68. The maximum absolute atomic E-state index is 10.9. The summed E-state index contributed by atoms with van der Waals surface area (Å²) in [5.74, 6) is 0.306. The van der Waals surface area contributed by atoms with E-state index in [1.54, 1.807) is 0 Å². The highest BCUT2D eigenvalue weighted by Crippen LogP contribution is 2.25. The van der Waals surface area contributed by atoms with E-state index in [4.69, 9.17) is 0 Å². The molecule has 2 aliphatic rings. The van der Waals surface area contributed by atoms with Gasteiger partial charge >= 0.3 is 12.4 Å². The van der Waals surface area contributed by atoms with E-state index in [1.807, 2.05) is 0 Å². The molecule has 0 N–H and O–H groups in total. The highest BCUT2D eigenvalue weighted by molar-refractivity contribution is 5.64. The second kappa shape index (κ2) is 2.99. The standard InChI is InChI=1S/C8H5NO5/c10-8-13-6-3-1-5(2-4-6)7(14-8)9(11)12/h1-4,7H. The van der Waals surface area contributed by atoms with Crippen LogP contribution in [0, 0.1) is 10.1 Å². The van der Waals surface area contributed by atoms with Gasteiger partial charge in [-0.1, -0.05) is 0 Å². The van der Waals surface area contributed by atoms with Crippen molar-refractivity contribution in [2.45, 2.75) is 6.23 Å². The molecule has 6 heteroatoms. The van der Waals surface area contributed by atoms with E-state index in [0.717, 1.165) is 0 Å². The Morgan fingerprint density at radius 1 is 1.29 bits per heavy atom. The summed E-state index contributed by atoms with van der Waals surface area (Å²) in [5.41, 5.74) is 0.315. The van der Waals surface area contributed by atoms with Crippen LogP contribution < -0.4 is 4.74 Å². The zero-order chi connectivity index (χ0) is 10.1. The van der Waals surface area contributed by atoms with Gasteiger partial charge in [-0.3, -0.25) is 10.1 Å². The average molecular weight is 195 g/mol. The minimum atomic E-state index is -1.49. The topological polar surface area (TPSA) is 78.7 Å². The molecule has 3 rings (SSSR count). The molecular formula is C8H5NO5. The first-order valence-electron chi connectivity index (χ1n) is 3.79. The van der Waals surface area contributed by atoms with E-state index in [2.05, 4.69) is 9.47 Å². The van der Waals surface area contributed by atoms with Gasteiger partial charge in [0.2, 0.25) is 0 Å². The Bertz CT molecular complexity index is 385. The van der Waals surface area contributed by atoms with Crippen LogP contribution in [0.15, 0.2) is 24.3 Å². The van der Waals surface area contributed by atoms with E-state index in [1.165, 1.54) is 24.3 Å². The van der Waals surface area contributed by atoms with Gasteiger partial charge in [-0.05, 0) is 24.3 Å². The molecule has 1 atom stereocenters. The van der Waals surface area contributed by atoms with Gasteiger partial charge in [-0.15, -0.1) is 0 Å². The summed E-state index contributed by atoms with van der Waals surface area (Å²) < 4.78 is 9.09. The molecule has 2 bridgehead atoms. The molecular weight excluding hydrogens is 190 g/mol. The molecule has 0 spiro atoms. The Balaban J connectivity index is 2.46. The number of benzene rings is 1. The zero-order valence-corrected chi connectivity index (χ0v) is 6.88. The van der Waals surface area contributed by atoms with Crippen LogP contribution in [0.5, 0.6) is 5.75 Å². The number of carbonyl (C=O) groups excluding carboxylic acids is 1. The molecule has 0 aliphatic carbocycles. The largest absolute Gasteiger partial charge is 0.519 e. The summed E-state index contributed by atoms with van der Waals surface area (Å²) in [6, 6.07) is 5.92. The lowest BCUT2D eigenvalue weighted by molar-refractivity contribution is -0.575. The number of ether oxygens (including phenoxy) is 2. The smallest absolute Gasteiger partial charge is 0.395 e. The number of fused-ring (bicyclic) bond motifs is 5. The molecule has 2 heterocycles. The van der Waals surface area contributed by atoms with E-state index >= 15 is 0 Å². The number of hydrogen-bond acceptors (Lipinski definition) is 5. The lowest BCUT2D eigenvalue weighted by Crippen LogP contribution is -2.22. The van der Waals surface area contributed by atoms with Crippen molar-refractivity contribution in [1.82, 2.24) is 0 Å². The minimum Gasteiger partial charge on any atom is -0.395 e. The summed E-state index contributed by atoms with van der Waals surface area (Å²) in [5, 5.41) is 10.5. The Morgan fingerprint density at radius 3 is 2.50 bits per heavy atom. The highest BCUT2D eigenvalue weighted by atomic mass is 16.8. The molecule has 0 radical (unpaired) electrons. The molecule has 0 aromatic heterocycles. The van der Waals surface area contributed by atoms with Gasteiger partial charge in [0.25, 0.3) is 0 Å². The second-order valence-corrected chi connectivity index (χ2v) is 2.68. The van der Waals surface area contributed by atoms with Gasteiger partial charge in [0.05, 0.1) is 10.5 Å². The van der Waals surface area contributed by atoms with Crippen LogP contribution in [0.3, 0.4) is 0 Å². The Hall–Kier alpha value is -2.11. The third-order valence-corrected chi connectivity index (χ3v) is 1.77. The van der Waals surface area contributed by atoms with Crippen molar-refractivity contribution in [3.05, 3.63) is 39.9 Å². The summed E-state index contributed by atoms with van der Waals surface area (Å²) in [6.07, 6.45) is -2.55. The van der Waals surface area contributed by atoms with Gasteiger partial charge < -0.3 is 9.47 Å². The van der Waals surface area contributed by atoms with Gasteiger partial charge in [-0.2, -0.15) is 0 Å². The fraction of sp³-hybridized carbons (Fsp3) is 0.125. The molecule has 0 saturated carbocycles. The molecule has 14 heavy (non-hydrogen) atoms. The first-order valence-corrected chi connectivity index (χ1v) is 3.79. The number of nitro groups is 1. The van der Waals surface area contributed by atoms with Crippen LogP contribution in [0.25, 0.3) is 0 Å². The first kappa shape index (κ1) is 8.49. The Kier molecular flexibility index (Phi) is 1.81. The lowest BCUT2D eigenvalue weighted by atomic mass is 10.2. The third-order valence-electron chi connectivity index (χ3n) is 1.77. The molecule has 1 unspecified atom stereocenters. The summed E-state index contributed by atoms with van der Waals surface area (Å²) in [6.45, 7) is 0. The number of carbonyl (C=O) groups is 1. The van der Waals surface area contributed by atoms with Gasteiger partial charge in [0.15, 0.2) is 0 Å². The van der Waals surface area contributed by atoms with Crippen LogP contribution in [0.4, 0.5) is 4.79 Å². The predicted octanol–water partition coefficient (Wildman–Crippen LogP) is 1.49. The molecule has 0 amide bonds. The first-order chi connectivity index (χ1) is 6.66. The molecule has 0 fully saturated rings. The van der Waals surface area contributed by atoms with Crippen molar-refractivity contribution in [3.63, 3.8) is 0 Å². The van der Waals surface area contributed by atoms with Crippen molar-refractivity contribution in [1.29, 1.82) is 0 Å². The Morgan fingerprint density at radius 2 is 1.93 bits per heavy atom. The maximum atomic E-state index is 10.9. The van der Waals surface area contributed by atoms with Crippen molar-refractivity contribution < 1.29 is 19.2 Å². The maximum Gasteiger partial charge on any atom is 0.519 e. The Labute approximate surface area is 78.2 Å². The van der Waals surface area contributed by atoms with Crippen molar-refractivity contribution in [3.8, 4) is 5.75 Å². The quantitative estimate of drug-likeness (QED) is 0.293. The van der Waals surface area contributed by atoms with Crippen LogP contribution in [-0.4, -0.2) is 11.1 Å².